The van der Waals surface area contributed by atoms with E-state index in [1.54, 1.807) is 24.3 Å². The zero-order chi connectivity index (χ0) is 9.68. The van der Waals surface area contributed by atoms with Crippen molar-refractivity contribution in [3.05, 3.63) is 47.4 Å². The van der Waals surface area contributed by atoms with Crippen LogP contribution >= 0.6 is 0 Å². The third kappa shape index (κ3) is 2.58. The average Bonchev–Trinajstić information content (AvgIpc) is 2.18. The van der Waals surface area contributed by atoms with Crippen LogP contribution < -0.4 is 5.11 Å². The Hall–Kier alpha value is -1.86. The van der Waals surface area contributed by atoms with Gasteiger partial charge in [0.25, 0.3) is 0 Å². The van der Waals surface area contributed by atoms with E-state index in [4.69, 9.17) is 0 Å². The normalized spacial score (nSPS) is 10.4. The molecule has 3 nitrogen and oxygen atoms in total. The van der Waals surface area contributed by atoms with Crippen LogP contribution in [-0.2, 0) is 4.74 Å². The summed E-state index contributed by atoms with van der Waals surface area (Å²) in [5, 5.41) is 10.8. The molecule has 0 atom stereocenters. The van der Waals surface area contributed by atoms with Crippen molar-refractivity contribution in [2.24, 2.45) is 0 Å². The molecule has 0 heterocycles. The van der Waals surface area contributed by atoms with Crippen molar-refractivity contribution < 1.29 is 14.6 Å². The topological polar surface area (TPSA) is 49.4 Å². The lowest BCUT2D eigenvalue weighted by atomic mass is 10.1. The van der Waals surface area contributed by atoms with Crippen molar-refractivity contribution in [3.8, 4) is 0 Å². The fraction of sp³-hybridized carbons (Fsp3) is 0.100. The van der Waals surface area contributed by atoms with Gasteiger partial charge in [-0.05, 0) is 19.2 Å². The lowest BCUT2D eigenvalue weighted by Gasteiger charge is -2.00. The maximum Gasteiger partial charge on any atom is 0.191 e. The maximum atomic E-state index is 10.8. The summed E-state index contributed by atoms with van der Waals surface area (Å²) in [5.74, 6) is -0.553. The minimum atomic E-state index is -0.553. The zero-order valence-electron chi connectivity index (χ0n) is 7.11. The standard InChI is InChI=1S/C10H8O3/c1-13-10(12)6-8-3-2-4-9(5-8)7-11/h2-5,7H,1H3. The summed E-state index contributed by atoms with van der Waals surface area (Å²) in [6, 6.07) is 6.55. The predicted octanol–water partition coefficient (Wildman–Crippen LogP) is 0.498. The molecule has 66 valence electrons. The molecule has 1 aromatic rings. The van der Waals surface area contributed by atoms with E-state index in [1.807, 2.05) is 0 Å². The minimum absolute atomic E-state index is 0.508. The predicted molar refractivity (Wildman–Crippen MR) is 44.7 cm³/mol. The van der Waals surface area contributed by atoms with Gasteiger partial charge in [-0.3, -0.25) is 4.79 Å². The lowest BCUT2D eigenvalue weighted by molar-refractivity contribution is -0.354. The van der Waals surface area contributed by atoms with E-state index < -0.39 is 5.95 Å². The number of methoxy groups -OCH3 is 1. The summed E-state index contributed by atoms with van der Waals surface area (Å²) in [5.41, 5.74) is 1.05. The third-order valence-electron chi connectivity index (χ3n) is 1.45. The number of carbonyl (C=O) groups excluding carboxylic acids is 1. The van der Waals surface area contributed by atoms with Gasteiger partial charge in [0.2, 0.25) is 0 Å². The summed E-state index contributed by atoms with van der Waals surface area (Å²) in [6.45, 7) is 0. The van der Waals surface area contributed by atoms with Crippen LogP contribution in [0.4, 0.5) is 0 Å². The molecule has 0 N–H and O–H groups in total. The van der Waals surface area contributed by atoms with Crippen LogP contribution in [0.3, 0.4) is 0 Å². The monoisotopic (exact) mass is 176 g/mol. The SMILES string of the molecule is COC([O-])=[C+]c1cccc(C=O)c1. The first-order valence-corrected chi connectivity index (χ1v) is 3.66. The first-order chi connectivity index (χ1) is 6.26. The van der Waals surface area contributed by atoms with Gasteiger partial charge in [0.1, 0.15) is 0 Å². The molecule has 1 rings (SSSR count). The van der Waals surface area contributed by atoms with Crippen LogP contribution in [0.2, 0.25) is 0 Å². The van der Waals surface area contributed by atoms with Crippen LogP contribution in [0.15, 0.2) is 30.2 Å². The average molecular weight is 176 g/mol. The summed E-state index contributed by atoms with van der Waals surface area (Å²) in [6.07, 6.45) is 3.16. The molecule has 0 radical (unpaired) electrons. The van der Waals surface area contributed by atoms with Gasteiger partial charge < -0.3 is 9.84 Å². The van der Waals surface area contributed by atoms with Crippen molar-refractivity contribution in [1.82, 2.24) is 0 Å². The zero-order valence-corrected chi connectivity index (χ0v) is 7.11. The molecule has 13 heavy (non-hydrogen) atoms. The molecule has 1 aromatic carbocycles. The maximum absolute atomic E-state index is 10.8. The van der Waals surface area contributed by atoms with Crippen LogP contribution in [0.25, 0.3) is 0 Å². The Bertz CT molecular complexity index is 329. The smallest absolute Gasteiger partial charge is 0.191 e. The summed E-state index contributed by atoms with van der Waals surface area (Å²) in [4.78, 5) is 10.4. The molecule has 0 spiro atoms. The van der Waals surface area contributed by atoms with Gasteiger partial charge in [0.05, 0.1) is 23.8 Å². The van der Waals surface area contributed by atoms with Crippen LogP contribution in [0, 0.1) is 6.08 Å². The first kappa shape index (κ1) is 9.23. The van der Waals surface area contributed by atoms with Gasteiger partial charge in [-0.25, -0.2) is 0 Å². The molecule has 0 amide bonds. The van der Waals surface area contributed by atoms with E-state index in [0.717, 1.165) is 0 Å². The minimum Gasteiger partial charge on any atom is -0.601 e. The molecular formula is C10H8O3. The Morgan fingerprint density at radius 3 is 3.00 bits per heavy atom. The second kappa shape index (κ2) is 4.24. The van der Waals surface area contributed by atoms with Crippen LogP contribution in [0.5, 0.6) is 0 Å². The Labute approximate surface area is 76.3 Å². The van der Waals surface area contributed by atoms with Gasteiger partial charge in [-0.15, -0.1) is 0 Å². The lowest BCUT2D eigenvalue weighted by Crippen LogP contribution is -2.05. The molecule has 0 bridgehead atoms. The van der Waals surface area contributed by atoms with E-state index in [-0.39, 0.29) is 0 Å². The summed E-state index contributed by atoms with van der Waals surface area (Å²) < 4.78 is 4.39. The molecule has 3 heteroatoms. The highest BCUT2D eigenvalue weighted by Gasteiger charge is 2.01. The largest absolute Gasteiger partial charge is 0.601 e. The fourth-order valence-electron chi connectivity index (χ4n) is 0.859. The van der Waals surface area contributed by atoms with Crippen molar-refractivity contribution in [3.63, 3.8) is 0 Å². The molecule has 0 aliphatic heterocycles. The van der Waals surface area contributed by atoms with Gasteiger partial charge in [0, 0.05) is 0 Å². The van der Waals surface area contributed by atoms with Gasteiger partial charge >= 0.3 is 0 Å². The molecule has 0 aromatic heterocycles. The molecule has 0 fully saturated rings. The van der Waals surface area contributed by atoms with Crippen LogP contribution in [0.1, 0.15) is 15.9 Å². The van der Waals surface area contributed by atoms with Crippen molar-refractivity contribution in [2.45, 2.75) is 0 Å². The van der Waals surface area contributed by atoms with E-state index in [2.05, 4.69) is 10.8 Å². The Kier molecular flexibility index (Phi) is 3.01. The van der Waals surface area contributed by atoms with E-state index in [0.29, 0.717) is 17.4 Å². The van der Waals surface area contributed by atoms with Gasteiger partial charge in [0.15, 0.2) is 17.8 Å². The second-order valence-corrected chi connectivity index (χ2v) is 2.36. The molecular weight excluding hydrogens is 168 g/mol. The number of rotatable bonds is 3. The third-order valence-corrected chi connectivity index (χ3v) is 1.45. The van der Waals surface area contributed by atoms with Crippen molar-refractivity contribution in [1.29, 1.82) is 0 Å². The number of hydrogen-bond acceptors (Lipinski definition) is 3. The van der Waals surface area contributed by atoms with Gasteiger partial charge in [-0.2, -0.15) is 0 Å². The first-order valence-electron chi connectivity index (χ1n) is 3.66. The number of benzene rings is 1. The van der Waals surface area contributed by atoms with Gasteiger partial charge in [-0.1, -0.05) is 0 Å². The molecule has 0 saturated carbocycles. The van der Waals surface area contributed by atoms with E-state index in [9.17, 15) is 9.90 Å². The molecule has 0 saturated heterocycles. The second-order valence-electron chi connectivity index (χ2n) is 2.36. The Balaban J connectivity index is 2.95. The van der Waals surface area contributed by atoms with Crippen molar-refractivity contribution in [2.75, 3.05) is 7.11 Å². The highest BCUT2D eigenvalue weighted by Crippen LogP contribution is 2.04. The molecule has 0 unspecified atom stereocenters. The number of carbonyl (C=O) groups is 1. The quantitative estimate of drug-likeness (QED) is 0.383. The van der Waals surface area contributed by atoms with Crippen molar-refractivity contribution >= 4 is 6.29 Å². The highest BCUT2D eigenvalue weighted by atomic mass is 16.6. The molecule has 0 aliphatic carbocycles. The molecule has 0 aliphatic rings. The Morgan fingerprint density at radius 1 is 1.62 bits per heavy atom. The van der Waals surface area contributed by atoms with E-state index >= 15 is 0 Å². The Morgan fingerprint density at radius 2 is 2.38 bits per heavy atom. The van der Waals surface area contributed by atoms with Crippen LogP contribution in [-0.4, -0.2) is 13.4 Å². The summed E-state index contributed by atoms with van der Waals surface area (Å²) >= 11 is 0. The van der Waals surface area contributed by atoms with E-state index in [1.165, 1.54) is 7.11 Å². The number of ether oxygens (including phenoxy) is 1. The fourth-order valence-corrected chi connectivity index (χ4v) is 0.859. The number of aldehydes is 1. The summed E-state index contributed by atoms with van der Waals surface area (Å²) in [7, 11) is 1.28. The number of hydrogen-bond donors (Lipinski definition) is 0. The highest BCUT2D eigenvalue weighted by molar-refractivity contribution is 5.75.